The Kier molecular flexibility index (Phi) is 14.4. The average molecular weight is 541 g/mol. The molecule has 39 heavy (non-hydrogen) atoms. The Labute approximate surface area is 234 Å². The van der Waals surface area contributed by atoms with E-state index in [-0.39, 0.29) is 24.4 Å². The summed E-state index contributed by atoms with van der Waals surface area (Å²) in [5.74, 6) is 1.07. The zero-order chi connectivity index (χ0) is 28.6. The number of aliphatic imine (C=N–C) groups is 2. The van der Waals surface area contributed by atoms with Crippen LogP contribution in [0.15, 0.2) is 46.9 Å². The van der Waals surface area contributed by atoms with E-state index < -0.39 is 0 Å². The Morgan fingerprint density at radius 2 is 1.92 bits per heavy atom. The molecule has 1 aromatic rings. The summed E-state index contributed by atoms with van der Waals surface area (Å²) in [6.45, 7) is 16.9. The van der Waals surface area contributed by atoms with Gasteiger partial charge in [0.25, 0.3) is 0 Å². The minimum Gasteiger partial charge on any atom is -0.396 e. The summed E-state index contributed by atoms with van der Waals surface area (Å²) in [4.78, 5) is 30.6. The lowest BCUT2D eigenvalue weighted by molar-refractivity contribution is -0.130. The summed E-state index contributed by atoms with van der Waals surface area (Å²) in [6, 6.07) is 8.27. The van der Waals surface area contributed by atoms with Crippen LogP contribution in [0.3, 0.4) is 0 Å². The maximum atomic E-state index is 12.9. The number of hydrogen-bond donors (Lipinski definition) is 3. The molecule has 1 saturated heterocycles. The summed E-state index contributed by atoms with van der Waals surface area (Å²) in [5, 5.41) is 20.1. The number of amidine groups is 1. The second kappa shape index (κ2) is 17.5. The molecule has 1 aromatic carbocycles. The van der Waals surface area contributed by atoms with E-state index in [0.717, 1.165) is 45.0 Å². The highest BCUT2D eigenvalue weighted by Crippen LogP contribution is 2.14. The van der Waals surface area contributed by atoms with Crippen molar-refractivity contribution in [2.24, 2.45) is 9.98 Å². The first-order chi connectivity index (χ1) is 18.7. The number of amides is 1. The number of nitrogens with zero attached hydrogens (tertiary/aromatic N) is 6. The smallest absolute Gasteiger partial charge is 0.223 e. The van der Waals surface area contributed by atoms with E-state index in [2.05, 4.69) is 48.7 Å². The van der Waals surface area contributed by atoms with Crippen LogP contribution < -0.4 is 5.32 Å². The Bertz CT molecular complexity index is 970. The van der Waals surface area contributed by atoms with Crippen molar-refractivity contribution in [3.63, 3.8) is 0 Å². The number of likely N-dealkylation sites (N-methyl/N-ethyl adjacent to an activating group) is 1. The van der Waals surface area contributed by atoms with Crippen LogP contribution in [0, 0.1) is 5.41 Å². The van der Waals surface area contributed by atoms with Gasteiger partial charge < -0.3 is 25.1 Å². The van der Waals surface area contributed by atoms with E-state index in [9.17, 15) is 9.90 Å². The van der Waals surface area contributed by atoms with E-state index in [0.29, 0.717) is 38.4 Å². The van der Waals surface area contributed by atoms with Crippen molar-refractivity contribution in [1.29, 1.82) is 5.41 Å². The van der Waals surface area contributed by atoms with Crippen molar-refractivity contribution in [2.75, 3.05) is 71.3 Å². The summed E-state index contributed by atoms with van der Waals surface area (Å²) in [7, 11) is 1.85. The molecule has 10 nitrogen and oxygen atoms in total. The molecule has 0 bridgehead atoms. The van der Waals surface area contributed by atoms with E-state index in [4.69, 9.17) is 5.41 Å². The third-order valence-corrected chi connectivity index (χ3v) is 6.54. The second-order valence-electron chi connectivity index (χ2n) is 10.1. The summed E-state index contributed by atoms with van der Waals surface area (Å²) < 4.78 is 0. The van der Waals surface area contributed by atoms with Gasteiger partial charge in [-0.05, 0) is 51.0 Å². The predicted octanol–water partition coefficient (Wildman–Crippen LogP) is 2.77. The number of carbonyl (C=O) groups is 1. The Morgan fingerprint density at radius 3 is 2.56 bits per heavy atom. The molecule has 216 valence electrons. The van der Waals surface area contributed by atoms with Gasteiger partial charge >= 0.3 is 0 Å². The highest BCUT2D eigenvalue weighted by Gasteiger charge is 2.19. The van der Waals surface area contributed by atoms with Crippen LogP contribution in [0.1, 0.15) is 39.2 Å². The van der Waals surface area contributed by atoms with Crippen molar-refractivity contribution in [2.45, 2.75) is 46.2 Å². The van der Waals surface area contributed by atoms with Crippen LogP contribution in [0.5, 0.6) is 0 Å². The van der Waals surface area contributed by atoms with E-state index in [1.165, 1.54) is 11.6 Å². The zero-order valence-corrected chi connectivity index (χ0v) is 24.3. The topological polar surface area (TPSA) is 111 Å². The van der Waals surface area contributed by atoms with Gasteiger partial charge in [0.15, 0.2) is 0 Å². The standard InChI is InChI=1S/C29H48N8O2/c1-6-27(30)33-26-11-8-10-25(22-26)23-36-18-16-35(17-19-36)14-12-28(39)34(5)15-20-37(13-9-21-38)29(31-7-2)32-24(3)4/h6-8,10-11,22,24,38H,1,9,12-21,23H2,2-5H3,(H2,30,33)/b31-7-,32-29+. The van der Waals surface area contributed by atoms with Gasteiger partial charge in [-0.1, -0.05) is 18.7 Å². The Balaban J connectivity index is 1.78. The van der Waals surface area contributed by atoms with Crippen LogP contribution >= 0.6 is 0 Å². The molecule has 1 fully saturated rings. The van der Waals surface area contributed by atoms with Crippen molar-refractivity contribution < 1.29 is 9.90 Å². The lowest BCUT2D eigenvalue weighted by Crippen LogP contribution is -2.47. The largest absolute Gasteiger partial charge is 0.396 e. The summed E-state index contributed by atoms with van der Waals surface area (Å²) in [6.07, 6.45) is 4.34. The van der Waals surface area contributed by atoms with Crippen LogP contribution in [-0.2, 0) is 11.3 Å². The maximum absolute atomic E-state index is 12.9. The molecule has 0 aliphatic carbocycles. The molecule has 0 spiro atoms. The minimum atomic E-state index is 0.105. The number of aliphatic hydroxyl groups is 1. The molecule has 1 amide bonds. The van der Waals surface area contributed by atoms with Gasteiger partial charge in [-0.2, -0.15) is 0 Å². The zero-order valence-electron chi connectivity index (χ0n) is 24.3. The first kappa shape index (κ1) is 32.1. The fraction of sp³-hybridized carbons (Fsp3) is 0.586. The number of carbonyl (C=O) groups excluding carboxylic acids is 1. The molecular weight excluding hydrogens is 492 g/mol. The third-order valence-electron chi connectivity index (χ3n) is 6.54. The number of piperazine rings is 1. The molecule has 2 rings (SSSR count). The first-order valence-electron chi connectivity index (χ1n) is 13.9. The van der Waals surface area contributed by atoms with Gasteiger partial charge in [0.1, 0.15) is 5.84 Å². The number of anilines is 1. The van der Waals surface area contributed by atoms with Gasteiger partial charge in [-0.25, -0.2) is 9.98 Å². The number of guanidine groups is 1. The van der Waals surface area contributed by atoms with Gasteiger partial charge in [0, 0.05) is 96.9 Å². The maximum Gasteiger partial charge on any atom is 0.223 e. The van der Waals surface area contributed by atoms with Crippen LogP contribution in [-0.4, -0.2) is 121 Å². The van der Waals surface area contributed by atoms with Crippen molar-refractivity contribution >= 4 is 29.6 Å². The molecule has 3 N–H and O–H groups in total. The highest BCUT2D eigenvalue weighted by atomic mass is 16.3. The molecular formula is C29H48N8O2. The lowest BCUT2D eigenvalue weighted by Gasteiger charge is -2.35. The number of benzene rings is 1. The molecule has 1 aliphatic heterocycles. The van der Waals surface area contributed by atoms with Gasteiger partial charge in [0.05, 0.1) is 0 Å². The van der Waals surface area contributed by atoms with Gasteiger partial charge in [0.2, 0.25) is 11.9 Å². The first-order valence-corrected chi connectivity index (χ1v) is 13.9. The molecule has 10 heteroatoms. The third kappa shape index (κ3) is 12.1. The van der Waals surface area contributed by atoms with Crippen LogP contribution in [0.4, 0.5) is 5.69 Å². The number of nitrogens with one attached hydrogen (secondary N) is 2. The molecule has 0 aromatic heterocycles. The predicted molar refractivity (Wildman–Crippen MR) is 162 cm³/mol. The van der Waals surface area contributed by atoms with E-state index in [1.54, 1.807) is 11.1 Å². The Hall–Kier alpha value is -3.08. The summed E-state index contributed by atoms with van der Waals surface area (Å²) in [5.41, 5.74) is 2.11. The van der Waals surface area contributed by atoms with Crippen molar-refractivity contribution in [3.8, 4) is 0 Å². The van der Waals surface area contributed by atoms with Gasteiger partial charge in [-0.3, -0.25) is 15.1 Å². The normalized spacial score (nSPS) is 15.1. The summed E-state index contributed by atoms with van der Waals surface area (Å²) >= 11 is 0. The Morgan fingerprint density at radius 1 is 1.21 bits per heavy atom. The number of hydrogen-bond acceptors (Lipinski definition) is 6. The monoisotopic (exact) mass is 540 g/mol. The van der Waals surface area contributed by atoms with Crippen LogP contribution in [0.25, 0.3) is 0 Å². The minimum absolute atomic E-state index is 0.105. The molecule has 0 radical (unpaired) electrons. The van der Waals surface area contributed by atoms with Crippen LogP contribution in [0.2, 0.25) is 0 Å². The number of rotatable bonds is 14. The molecule has 0 unspecified atom stereocenters. The van der Waals surface area contributed by atoms with Gasteiger partial charge in [-0.15, -0.1) is 0 Å². The molecule has 0 saturated carbocycles. The fourth-order valence-corrected chi connectivity index (χ4v) is 4.34. The van der Waals surface area contributed by atoms with E-state index in [1.807, 2.05) is 40.0 Å². The lowest BCUT2D eigenvalue weighted by atomic mass is 10.1. The van der Waals surface area contributed by atoms with E-state index >= 15 is 0 Å². The molecule has 1 aliphatic rings. The molecule has 0 atom stereocenters. The number of aliphatic hydroxyl groups excluding tert-OH is 1. The quantitative estimate of drug-likeness (QED) is 0.247. The van der Waals surface area contributed by atoms with Crippen molar-refractivity contribution in [1.82, 2.24) is 19.6 Å². The van der Waals surface area contributed by atoms with Crippen molar-refractivity contribution in [3.05, 3.63) is 42.5 Å². The fourth-order valence-electron chi connectivity index (χ4n) is 4.34. The molecule has 1 heterocycles. The second-order valence-corrected chi connectivity index (χ2v) is 10.1. The SMILES string of the molecule is C=CC(=N)Nc1cccc(CN2CCN(CCC(=O)N(C)CCN(CCCO)C(/N=C\C)=N/C(C)C)CC2)c1. The average Bonchev–Trinajstić information content (AvgIpc) is 2.92. The highest BCUT2D eigenvalue weighted by molar-refractivity contribution is 6.01.